The Balaban J connectivity index is 2.00. The van der Waals surface area contributed by atoms with Gasteiger partial charge in [-0.15, -0.1) is 18.9 Å². The molecule has 2 aliphatic heterocycles. The van der Waals surface area contributed by atoms with Crippen molar-refractivity contribution in [2.24, 2.45) is 29.6 Å². The molecule has 0 aromatic rings. The summed E-state index contributed by atoms with van der Waals surface area (Å²) >= 11 is 0. The average molecular weight is 462 g/mol. The molecule has 0 bridgehead atoms. The Morgan fingerprint density at radius 1 is 1.09 bits per heavy atom. The van der Waals surface area contributed by atoms with Crippen molar-refractivity contribution in [3.8, 4) is 12.3 Å². The quantitative estimate of drug-likeness (QED) is 0.184. The second-order valence-corrected chi connectivity index (χ2v) is 13.1. The van der Waals surface area contributed by atoms with E-state index in [0.29, 0.717) is 29.8 Å². The number of rotatable bonds is 11. The van der Waals surface area contributed by atoms with Gasteiger partial charge in [-0.25, -0.2) is 0 Å². The molecule has 32 heavy (non-hydrogen) atoms. The van der Waals surface area contributed by atoms with Crippen LogP contribution in [0.2, 0.25) is 13.1 Å². The van der Waals surface area contributed by atoms with E-state index >= 15 is 0 Å². The number of ether oxygens (including phenoxy) is 2. The fourth-order valence-electron chi connectivity index (χ4n) is 5.37. The van der Waals surface area contributed by atoms with Crippen LogP contribution in [0.25, 0.3) is 0 Å². The molecule has 2 heterocycles. The van der Waals surface area contributed by atoms with Gasteiger partial charge in [0.2, 0.25) is 9.04 Å². The van der Waals surface area contributed by atoms with E-state index in [9.17, 15) is 0 Å². The zero-order valence-corrected chi connectivity index (χ0v) is 22.9. The van der Waals surface area contributed by atoms with Crippen LogP contribution in [0.15, 0.2) is 12.7 Å². The van der Waals surface area contributed by atoms with Gasteiger partial charge >= 0.3 is 0 Å². The molecule has 0 aromatic heterocycles. The first-order valence-corrected chi connectivity index (χ1v) is 15.4. The second kappa shape index (κ2) is 12.7. The lowest BCUT2D eigenvalue weighted by Gasteiger charge is -2.51. The van der Waals surface area contributed by atoms with Gasteiger partial charge in [0.25, 0.3) is 0 Å². The zero-order chi connectivity index (χ0) is 23.9. The second-order valence-electron chi connectivity index (χ2n) is 11.0. The molecule has 2 saturated heterocycles. The van der Waals surface area contributed by atoms with Crippen molar-refractivity contribution in [3.63, 3.8) is 0 Å². The fourth-order valence-corrected chi connectivity index (χ4v) is 6.30. The highest BCUT2D eigenvalue weighted by Crippen LogP contribution is 2.45. The van der Waals surface area contributed by atoms with Gasteiger partial charge in [0, 0.05) is 18.8 Å². The van der Waals surface area contributed by atoms with Crippen LogP contribution < -0.4 is 0 Å². The first-order chi connectivity index (χ1) is 15.1. The maximum atomic E-state index is 6.88. The molecular formula is C28H49O3Si. The lowest BCUT2D eigenvalue weighted by Crippen LogP contribution is -2.53. The molecule has 1 radical (unpaired) electrons. The SMILES string of the molecule is C#C[C@@H](C)[C@H](CC[C@@H](C)[C@@H]1OC2(CC[C@@H](C)[C@H](CC[C@H](C)C=C)O2)CC[C@@H]1C)O[Si](C)C. The van der Waals surface area contributed by atoms with Crippen molar-refractivity contribution < 1.29 is 13.9 Å². The predicted octanol–water partition coefficient (Wildman–Crippen LogP) is 7.24. The van der Waals surface area contributed by atoms with Crippen LogP contribution in [-0.2, 0) is 13.9 Å². The first-order valence-electron chi connectivity index (χ1n) is 13.0. The molecule has 9 atom stereocenters. The normalized spacial score (nSPS) is 34.6. The summed E-state index contributed by atoms with van der Waals surface area (Å²) in [6.07, 6.45) is 17.2. The van der Waals surface area contributed by atoms with E-state index in [1.807, 2.05) is 0 Å². The Hall–Kier alpha value is -0.603. The molecule has 4 heteroatoms. The smallest absolute Gasteiger partial charge is 0.205 e. The predicted molar refractivity (Wildman–Crippen MR) is 137 cm³/mol. The summed E-state index contributed by atoms with van der Waals surface area (Å²) in [5.74, 6) is 4.82. The summed E-state index contributed by atoms with van der Waals surface area (Å²) in [5.41, 5.74) is 0. The monoisotopic (exact) mass is 461 g/mol. The lowest BCUT2D eigenvalue weighted by atomic mass is 9.79. The summed E-state index contributed by atoms with van der Waals surface area (Å²) in [5, 5.41) is 0. The van der Waals surface area contributed by atoms with E-state index in [-0.39, 0.29) is 23.9 Å². The van der Waals surface area contributed by atoms with Gasteiger partial charge < -0.3 is 13.9 Å². The molecule has 0 aromatic carbocycles. The van der Waals surface area contributed by atoms with E-state index < -0.39 is 9.04 Å². The largest absolute Gasteiger partial charge is 0.413 e. The standard InChI is InChI=1S/C28H49O3Si/c1-10-20(3)12-14-25-22(5)16-18-28(29-25)19-17-24(7)27(30-28)23(6)13-15-26(21(4)11-2)31-32(8)9/h2,10,20-27H,1,12-19H2,3-9H3/t20-,21-,22-,23-,24+,25+,26+,27+,28?/m1/s1. The van der Waals surface area contributed by atoms with Gasteiger partial charge in [-0.1, -0.05) is 33.8 Å². The van der Waals surface area contributed by atoms with Crippen LogP contribution in [0.5, 0.6) is 0 Å². The summed E-state index contributed by atoms with van der Waals surface area (Å²) in [4.78, 5) is 0. The molecule has 0 aliphatic carbocycles. The van der Waals surface area contributed by atoms with Gasteiger partial charge in [-0.05, 0) is 82.2 Å². The zero-order valence-electron chi connectivity index (χ0n) is 21.9. The van der Waals surface area contributed by atoms with Crippen molar-refractivity contribution in [2.75, 3.05) is 0 Å². The minimum Gasteiger partial charge on any atom is -0.413 e. The molecule has 0 N–H and O–H groups in total. The highest BCUT2D eigenvalue weighted by molar-refractivity contribution is 6.48. The molecular weight excluding hydrogens is 412 g/mol. The summed E-state index contributed by atoms with van der Waals surface area (Å²) in [6.45, 7) is 19.7. The number of hydrogen-bond donors (Lipinski definition) is 0. The van der Waals surface area contributed by atoms with E-state index in [1.165, 1.54) is 12.8 Å². The van der Waals surface area contributed by atoms with Crippen LogP contribution in [0.4, 0.5) is 0 Å². The molecule has 2 rings (SSSR count). The van der Waals surface area contributed by atoms with E-state index in [4.69, 9.17) is 20.3 Å². The molecule has 0 amide bonds. The Morgan fingerprint density at radius 2 is 1.75 bits per heavy atom. The van der Waals surface area contributed by atoms with Crippen molar-refractivity contribution in [1.82, 2.24) is 0 Å². The number of allylic oxidation sites excluding steroid dienone is 1. The Bertz CT molecular complexity index is 610. The van der Waals surface area contributed by atoms with Crippen LogP contribution in [0.1, 0.15) is 86.0 Å². The molecule has 1 spiro atoms. The number of hydrogen-bond acceptors (Lipinski definition) is 3. The van der Waals surface area contributed by atoms with Crippen molar-refractivity contribution >= 4 is 9.04 Å². The maximum Gasteiger partial charge on any atom is 0.205 e. The Labute approximate surface area is 200 Å². The summed E-state index contributed by atoms with van der Waals surface area (Å²) < 4.78 is 19.9. The Morgan fingerprint density at radius 3 is 2.34 bits per heavy atom. The van der Waals surface area contributed by atoms with Gasteiger partial charge in [0.05, 0.1) is 18.3 Å². The fraction of sp³-hybridized carbons (Fsp3) is 0.857. The maximum absolute atomic E-state index is 6.88. The van der Waals surface area contributed by atoms with Crippen molar-refractivity contribution in [3.05, 3.63) is 12.7 Å². The number of terminal acetylenes is 1. The third-order valence-corrected chi connectivity index (χ3v) is 8.63. The molecule has 1 unspecified atom stereocenters. The van der Waals surface area contributed by atoms with Gasteiger partial charge in [0.15, 0.2) is 5.79 Å². The minimum absolute atomic E-state index is 0.153. The van der Waals surface area contributed by atoms with Crippen molar-refractivity contribution in [2.45, 2.75) is 123 Å². The topological polar surface area (TPSA) is 27.7 Å². The van der Waals surface area contributed by atoms with Crippen LogP contribution in [0.3, 0.4) is 0 Å². The highest BCUT2D eigenvalue weighted by Gasteiger charge is 2.47. The first kappa shape index (κ1) is 27.6. The van der Waals surface area contributed by atoms with Gasteiger partial charge in [0.1, 0.15) is 0 Å². The van der Waals surface area contributed by atoms with Gasteiger partial charge in [-0.2, -0.15) is 0 Å². The third-order valence-electron chi connectivity index (χ3n) is 7.86. The summed E-state index contributed by atoms with van der Waals surface area (Å²) in [7, 11) is -0.770. The summed E-state index contributed by atoms with van der Waals surface area (Å²) in [6, 6.07) is 0. The van der Waals surface area contributed by atoms with E-state index in [1.54, 1.807) is 0 Å². The third kappa shape index (κ3) is 7.72. The Kier molecular flexibility index (Phi) is 11.0. The van der Waals surface area contributed by atoms with Crippen LogP contribution >= 0.6 is 0 Å². The van der Waals surface area contributed by atoms with Gasteiger partial charge in [-0.3, -0.25) is 0 Å². The molecule has 2 fully saturated rings. The molecule has 0 saturated carbocycles. The van der Waals surface area contributed by atoms with Crippen LogP contribution in [0, 0.1) is 41.9 Å². The molecule has 183 valence electrons. The van der Waals surface area contributed by atoms with Crippen molar-refractivity contribution in [1.29, 1.82) is 0 Å². The van der Waals surface area contributed by atoms with E-state index in [0.717, 1.165) is 38.5 Å². The lowest BCUT2D eigenvalue weighted by molar-refractivity contribution is -0.338. The molecule has 2 aliphatic rings. The highest BCUT2D eigenvalue weighted by atomic mass is 28.3. The van der Waals surface area contributed by atoms with Crippen LogP contribution in [-0.4, -0.2) is 33.1 Å². The molecule has 3 nitrogen and oxygen atoms in total. The van der Waals surface area contributed by atoms with E-state index in [2.05, 4.69) is 66.3 Å². The average Bonchev–Trinajstić information content (AvgIpc) is 2.77. The minimum atomic E-state index is -0.770.